The Labute approximate surface area is 107 Å². The Bertz CT molecular complexity index is 451. The van der Waals surface area contributed by atoms with Gasteiger partial charge in [-0.15, -0.1) is 0 Å². The molecule has 0 heterocycles. The summed E-state index contributed by atoms with van der Waals surface area (Å²) in [5.41, 5.74) is -2.00. The van der Waals surface area contributed by atoms with E-state index in [-0.39, 0.29) is 12.2 Å². The Morgan fingerprint density at radius 1 is 1.50 bits per heavy atom. The van der Waals surface area contributed by atoms with E-state index in [1.807, 2.05) is 0 Å². The van der Waals surface area contributed by atoms with Crippen molar-refractivity contribution in [2.24, 2.45) is 0 Å². The molecule has 0 radical (unpaired) electrons. The summed E-state index contributed by atoms with van der Waals surface area (Å²) in [6, 6.07) is 0. The van der Waals surface area contributed by atoms with E-state index in [2.05, 4.69) is 5.32 Å². The van der Waals surface area contributed by atoms with Crippen molar-refractivity contribution in [1.29, 1.82) is 0 Å². The normalized spacial score (nSPS) is 27.4. The maximum atomic E-state index is 11.7. The molecule has 7 heteroatoms. The predicted octanol–water partition coefficient (Wildman–Crippen LogP) is 0.656. The van der Waals surface area contributed by atoms with Gasteiger partial charge in [0, 0.05) is 5.75 Å². The molecule has 18 heavy (non-hydrogen) atoms. The third kappa shape index (κ3) is 3.22. The third-order valence-corrected chi connectivity index (χ3v) is 4.98. The molecule has 1 amide bonds. The van der Waals surface area contributed by atoms with Gasteiger partial charge < -0.3 is 14.8 Å². The van der Waals surface area contributed by atoms with Crippen LogP contribution in [0.1, 0.15) is 34.1 Å². The van der Waals surface area contributed by atoms with Gasteiger partial charge in [0.05, 0.1) is 5.25 Å². The van der Waals surface area contributed by atoms with E-state index in [4.69, 9.17) is 4.74 Å². The quantitative estimate of drug-likeness (QED) is 0.762. The summed E-state index contributed by atoms with van der Waals surface area (Å²) in [5.74, 6) is -0.0523. The zero-order chi connectivity index (χ0) is 14.2. The van der Waals surface area contributed by atoms with Gasteiger partial charge in [-0.1, -0.05) is 6.92 Å². The second kappa shape index (κ2) is 4.53. The van der Waals surface area contributed by atoms with Gasteiger partial charge in [-0.2, -0.15) is 0 Å². The molecular weight excluding hydrogens is 258 g/mol. The van der Waals surface area contributed by atoms with Crippen LogP contribution in [-0.2, 0) is 19.4 Å². The number of alkyl carbamates (subject to hydrolysis) is 1. The lowest BCUT2D eigenvalue weighted by Crippen LogP contribution is -2.45. The number of amides is 1. The highest BCUT2D eigenvalue weighted by Gasteiger charge is 2.62. The molecule has 1 aliphatic rings. The highest BCUT2D eigenvalue weighted by molar-refractivity contribution is 7.92. The van der Waals surface area contributed by atoms with Crippen molar-refractivity contribution in [1.82, 2.24) is 5.32 Å². The number of aldehydes is 1. The number of hydrogen-bond donors (Lipinski definition) is 1. The first kappa shape index (κ1) is 14.9. The summed E-state index contributed by atoms with van der Waals surface area (Å²) in [6.45, 7) is 6.57. The monoisotopic (exact) mass is 277 g/mol. The first-order valence-corrected chi connectivity index (χ1v) is 7.47. The number of sulfone groups is 1. The number of ether oxygens (including phenoxy) is 1. The Morgan fingerprint density at radius 3 is 2.44 bits per heavy atom. The molecule has 1 rings (SSSR count). The van der Waals surface area contributed by atoms with Gasteiger partial charge in [-0.25, -0.2) is 13.2 Å². The van der Waals surface area contributed by atoms with Crippen molar-refractivity contribution in [3.8, 4) is 0 Å². The fourth-order valence-electron chi connectivity index (χ4n) is 1.68. The van der Waals surface area contributed by atoms with Gasteiger partial charge in [0.25, 0.3) is 0 Å². The summed E-state index contributed by atoms with van der Waals surface area (Å²) in [4.78, 5) is 22.6. The summed E-state index contributed by atoms with van der Waals surface area (Å²) >= 11 is 0. The smallest absolute Gasteiger partial charge is 0.408 e. The van der Waals surface area contributed by atoms with Crippen LogP contribution in [0.15, 0.2) is 0 Å². The van der Waals surface area contributed by atoms with Crippen molar-refractivity contribution < 1.29 is 22.7 Å². The van der Waals surface area contributed by atoms with E-state index < -0.39 is 32.3 Å². The van der Waals surface area contributed by atoms with Crippen LogP contribution in [0.4, 0.5) is 4.79 Å². The maximum absolute atomic E-state index is 11.7. The van der Waals surface area contributed by atoms with Crippen molar-refractivity contribution in [2.45, 2.75) is 50.5 Å². The topological polar surface area (TPSA) is 89.5 Å². The van der Waals surface area contributed by atoms with Gasteiger partial charge in [-0.3, -0.25) is 0 Å². The first-order chi connectivity index (χ1) is 8.06. The highest BCUT2D eigenvalue weighted by Crippen LogP contribution is 2.40. The predicted molar refractivity (Wildman–Crippen MR) is 66.0 cm³/mol. The molecule has 0 unspecified atom stereocenters. The summed E-state index contributed by atoms with van der Waals surface area (Å²) in [5, 5.41) is 1.52. The van der Waals surface area contributed by atoms with Crippen LogP contribution in [-0.4, -0.2) is 42.9 Å². The van der Waals surface area contributed by atoms with E-state index in [1.54, 1.807) is 20.8 Å². The number of carbonyl (C=O) groups is 2. The molecule has 1 N–H and O–H groups in total. The second-order valence-corrected chi connectivity index (χ2v) is 7.90. The molecule has 104 valence electrons. The summed E-state index contributed by atoms with van der Waals surface area (Å²) < 4.78 is 28.3. The van der Waals surface area contributed by atoms with E-state index in [0.717, 1.165) is 0 Å². The molecular formula is C11H19NO5S. The lowest BCUT2D eigenvalue weighted by molar-refractivity contribution is -0.110. The Hall–Kier alpha value is -1.11. The van der Waals surface area contributed by atoms with E-state index in [0.29, 0.717) is 6.29 Å². The van der Waals surface area contributed by atoms with Crippen LogP contribution in [0, 0.1) is 0 Å². The molecule has 0 aromatic carbocycles. The van der Waals surface area contributed by atoms with Crippen LogP contribution in [0.3, 0.4) is 0 Å². The average Bonchev–Trinajstić information content (AvgIpc) is 2.91. The fraction of sp³-hybridized carbons (Fsp3) is 0.818. The maximum Gasteiger partial charge on any atom is 0.408 e. The minimum atomic E-state index is -3.34. The van der Waals surface area contributed by atoms with Crippen molar-refractivity contribution >= 4 is 22.2 Å². The molecule has 1 fully saturated rings. The summed E-state index contributed by atoms with van der Waals surface area (Å²) in [6.07, 6.45) is -0.177. The molecule has 1 aliphatic carbocycles. The standard InChI is InChI=1S/C11H19NO5S/c1-5-18(15,16)8-6-11(8,7-13)12-9(14)17-10(2,3)4/h7-8H,5-6H2,1-4H3,(H,12,14)/t8-,11-/m1/s1. The minimum absolute atomic E-state index is 0.0523. The average molecular weight is 277 g/mol. The zero-order valence-electron chi connectivity index (χ0n) is 11.0. The molecule has 0 saturated heterocycles. The number of rotatable bonds is 4. The largest absolute Gasteiger partial charge is 0.444 e. The van der Waals surface area contributed by atoms with E-state index in [9.17, 15) is 18.0 Å². The molecule has 0 aliphatic heterocycles. The van der Waals surface area contributed by atoms with Crippen molar-refractivity contribution in [3.63, 3.8) is 0 Å². The third-order valence-electron chi connectivity index (χ3n) is 2.72. The second-order valence-electron chi connectivity index (χ2n) is 5.43. The van der Waals surface area contributed by atoms with Crippen molar-refractivity contribution in [2.75, 3.05) is 5.75 Å². The Kier molecular flexibility index (Phi) is 3.76. The highest BCUT2D eigenvalue weighted by atomic mass is 32.2. The van der Waals surface area contributed by atoms with Gasteiger partial charge in [0.2, 0.25) is 0 Å². The number of hydrogen-bond acceptors (Lipinski definition) is 5. The van der Waals surface area contributed by atoms with Crippen molar-refractivity contribution in [3.05, 3.63) is 0 Å². The van der Waals surface area contributed by atoms with Crippen LogP contribution < -0.4 is 5.32 Å². The first-order valence-electron chi connectivity index (χ1n) is 5.75. The van der Waals surface area contributed by atoms with Crippen LogP contribution in [0.25, 0.3) is 0 Å². The van der Waals surface area contributed by atoms with Gasteiger partial charge in [0.15, 0.2) is 9.84 Å². The lowest BCUT2D eigenvalue weighted by Gasteiger charge is -2.21. The van der Waals surface area contributed by atoms with E-state index >= 15 is 0 Å². The van der Waals surface area contributed by atoms with Gasteiger partial charge in [-0.05, 0) is 27.2 Å². The van der Waals surface area contributed by atoms with Gasteiger partial charge in [0.1, 0.15) is 17.4 Å². The molecule has 0 aromatic rings. The fourth-order valence-corrected chi connectivity index (χ4v) is 3.36. The van der Waals surface area contributed by atoms with Crippen LogP contribution in [0.5, 0.6) is 0 Å². The minimum Gasteiger partial charge on any atom is -0.444 e. The molecule has 2 atom stereocenters. The molecule has 0 bridgehead atoms. The number of carbonyl (C=O) groups excluding carboxylic acids is 2. The molecule has 0 aromatic heterocycles. The molecule has 6 nitrogen and oxygen atoms in total. The van der Waals surface area contributed by atoms with Crippen LogP contribution >= 0.6 is 0 Å². The molecule has 1 saturated carbocycles. The molecule has 0 spiro atoms. The lowest BCUT2D eigenvalue weighted by atomic mass is 10.2. The number of nitrogens with one attached hydrogen (secondary N) is 1. The SMILES string of the molecule is CCS(=O)(=O)[C@@H]1C[C@]1(C=O)NC(=O)OC(C)(C)C. The summed E-state index contributed by atoms with van der Waals surface area (Å²) in [7, 11) is -3.34. The van der Waals surface area contributed by atoms with Crippen LogP contribution in [0.2, 0.25) is 0 Å². The zero-order valence-corrected chi connectivity index (χ0v) is 11.8. The Morgan fingerprint density at radius 2 is 2.06 bits per heavy atom. The van der Waals surface area contributed by atoms with Gasteiger partial charge >= 0.3 is 6.09 Å². The van der Waals surface area contributed by atoms with E-state index in [1.165, 1.54) is 6.92 Å². The Balaban J connectivity index is 2.72.